The zero-order chi connectivity index (χ0) is 16.4. The minimum Gasteiger partial charge on any atom is -0.469 e. The molecule has 0 aliphatic carbocycles. The van der Waals surface area contributed by atoms with Gasteiger partial charge in [0.25, 0.3) is 0 Å². The maximum absolute atomic E-state index is 12.2. The van der Waals surface area contributed by atoms with Gasteiger partial charge in [0.15, 0.2) is 0 Å². The minimum atomic E-state index is -0.335. The van der Waals surface area contributed by atoms with Crippen LogP contribution in [0.15, 0.2) is 18.2 Å². The van der Waals surface area contributed by atoms with Crippen molar-refractivity contribution < 1.29 is 14.3 Å². The molecule has 6 nitrogen and oxygen atoms in total. The molecule has 2 aromatic rings. The smallest absolute Gasteiger partial charge is 0.317 e. The average molecular weight is 336 g/mol. The number of aromatic amines is 1. The van der Waals surface area contributed by atoms with Crippen molar-refractivity contribution in [1.29, 1.82) is 0 Å². The number of halogens is 1. The number of urea groups is 1. The molecule has 0 radical (unpaired) electrons. The number of nitrogens with one attached hydrogen (secondary N) is 2. The number of methoxy groups -OCH3 is 1. The molecular weight excluding hydrogens is 318 g/mol. The lowest BCUT2D eigenvalue weighted by Gasteiger charge is -2.27. The van der Waals surface area contributed by atoms with Crippen LogP contribution in [-0.4, -0.2) is 42.1 Å². The molecule has 0 saturated heterocycles. The first-order valence-corrected chi connectivity index (χ1v) is 7.85. The van der Waals surface area contributed by atoms with Crippen LogP contribution in [0.2, 0.25) is 5.02 Å². The number of carbonyl (C=O) groups is 2. The van der Waals surface area contributed by atoms with Crippen LogP contribution in [0.3, 0.4) is 0 Å². The lowest BCUT2D eigenvalue weighted by molar-refractivity contribution is -0.140. The van der Waals surface area contributed by atoms with Crippen molar-refractivity contribution >= 4 is 34.5 Å². The largest absolute Gasteiger partial charge is 0.469 e. The first kappa shape index (κ1) is 15.7. The number of benzene rings is 1. The normalized spacial score (nSPS) is 13.7. The summed E-state index contributed by atoms with van der Waals surface area (Å²) in [6.45, 7) is 1.43. The van der Waals surface area contributed by atoms with Crippen molar-refractivity contribution in [2.45, 2.75) is 19.4 Å². The summed E-state index contributed by atoms with van der Waals surface area (Å²) in [5, 5.41) is 4.58. The van der Waals surface area contributed by atoms with Gasteiger partial charge in [-0.3, -0.25) is 4.79 Å². The molecule has 2 N–H and O–H groups in total. The number of fused-ring (bicyclic) bond motifs is 3. The molecule has 0 atom stereocenters. The fraction of sp³-hybridized carbons (Fsp3) is 0.375. The summed E-state index contributed by atoms with van der Waals surface area (Å²) >= 11 is 6.07. The second-order valence-corrected chi connectivity index (χ2v) is 5.94. The van der Waals surface area contributed by atoms with Gasteiger partial charge in [-0.15, -0.1) is 0 Å². The molecule has 3 rings (SSSR count). The third kappa shape index (κ3) is 3.27. The van der Waals surface area contributed by atoms with Crippen LogP contribution >= 0.6 is 11.6 Å². The Labute approximate surface area is 138 Å². The third-order valence-corrected chi connectivity index (χ3v) is 4.29. The highest BCUT2D eigenvalue weighted by Crippen LogP contribution is 2.29. The van der Waals surface area contributed by atoms with Crippen molar-refractivity contribution in [1.82, 2.24) is 15.2 Å². The molecule has 23 heavy (non-hydrogen) atoms. The van der Waals surface area contributed by atoms with Gasteiger partial charge in [-0.05, 0) is 30.2 Å². The Kier molecular flexibility index (Phi) is 4.43. The van der Waals surface area contributed by atoms with E-state index in [1.54, 1.807) is 4.90 Å². The van der Waals surface area contributed by atoms with Crippen LogP contribution in [0.4, 0.5) is 4.79 Å². The Balaban J connectivity index is 1.67. The second-order valence-electron chi connectivity index (χ2n) is 5.50. The van der Waals surface area contributed by atoms with E-state index in [2.05, 4.69) is 15.0 Å². The zero-order valence-corrected chi connectivity index (χ0v) is 13.6. The van der Waals surface area contributed by atoms with Crippen LogP contribution in [0.5, 0.6) is 0 Å². The zero-order valence-electron chi connectivity index (χ0n) is 12.8. The molecule has 1 aliphatic heterocycles. The highest BCUT2D eigenvalue weighted by Gasteiger charge is 2.23. The van der Waals surface area contributed by atoms with Crippen LogP contribution in [0.1, 0.15) is 17.7 Å². The Hall–Kier alpha value is -2.21. The molecule has 122 valence electrons. The number of rotatable bonds is 3. The summed E-state index contributed by atoms with van der Waals surface area (Å²) in [5.41, 5.74) is 3.30. The van der Waals surface area contributed by atoms with Gasteiger partial charge in [-0.1, -0.05) is 11.6 Å². The summed E-state index contributed by atoms with van der Waals surface area (Å²) in [6, 6.07) is 5.59. The second kappa shape index (κ2) is 6.50. The molecule has 0 spiro atoms. The minimum absolute atomic E-state index is 0.170. The van der Waals surface area contributed by atoms with Gasteiger partial charge in [0.05, 0.1) is 20.1 Å². The van der Waals surface area contributed by atoms with Crippen LogP contribution < -0.4 is 5.32 Å². The van der Waals surface area contributed by atoms with Crippen LogP contribution in [0.25, 0.3) is 10.9 Å². The van der Waals surface area contributed by atoms with E-state index < -0.39 is 0 Å². The van der Waals surface area contributed by atoms with Gasteiger partial charge < -0.3 is 19.9 Å². The van der Waals surface area contributed by atoms with Gasteiger partial charge in [0.1, 0.15) is 0 Å². The molecule has 2 heterocycles. The van der Waals surface area contributed by atoms with E-state index in [1.165, 1.54) is 12.7 Å². The maximum Gasteiger partial charge on any atom is 0.317 e. The van der Waals surface area contributed by atoms with E-state index in [1.807, 2.05) is 18.2 Å². The van der Waals surface area contributed by atoms with E-state index in [0.717, 1.165) is 23.0 Å². The quantitative estimate of drug-likeness (QED) is 0.846. The highest BCUT2D eigenvalue weighted by atomic mass is 35.5. The van der Waals surface area contributed by atoms with Crippen molar-refractivity contribution in [3.05, 3.63) is 34.5 Å². The number of nitrogens with zero attached hydrogens (tertiary/aromatic N) is 1. The molecule has 1 aliphatic rings. The van der Waals surface area contributed by atoms with E-state index in [-0.39, 0.29) is 25.0 Å². The number of ether oxygens (including phenoxy) is 1. The number of amides is 2. The summed E-state index contributed by atoms with van der Waals surface area (Å²) in [5.74, 6) is -0.335. The third-order valence-electron chi connectivity index (χ3n) is 4.06. The Morgan fingerprint density at radius 2 is 2.26 bits per heavy atom. The Morgan fingerprint density at radius 1 is 1.43 bits per heavy atom. The van der Waals surface area contributed by atoms with Gasteiger partial charge in [-0.25, -0.2) is 4.79 Å². The molecule has 0 saturated carbocycles. The maximum atomic E-state index is 12.2. The summed E-state index contributed by atoms with van der Waals surface area (Å²) < 4.78 is 4.55. The van der Waals surface area contributed by atoms with E-state index in [9.17, 15) is 9.59 Å². The van der Waals surface area contributed by atoms with Gasteiger partial charge in [-0.2, -0.15) is 0 Å². The van der Waals surface area contributed by atoms with E-state index in [0.29, 0.717) is 18.1 Å². The molecule has 7 heteroatoms. The lowest BCUT2D eigenvalue weighted by atomic mass is 10.0. The molecule has 0 bridgehead atoms. The topological polar surface area (TPSA) is 74.4 Å². The number of aromatic nitrogens is 1. The predicted molar refractivity (Wildman–Crippen MR) is 87.5 cm³/mol. The van der Waals surface area contributed by atoms with Crippen LogP contribution in [-0.2, 0) is 22.5 Å². The van der Waals surface area contributed by atoms with E-state index in [4.69, 9.17) is 11.6 Å². The van der Waals surface area contributed by atoms with Crippen molar-refractivity contribution in [2.75, 3.05) is 20.2 Å². The van der Waals surface area contributed by atoms with Gasteiger partial charge in [0.2, 0.25) is 0 Å². The Bertz CT molecular complexity index is 756. The number of hydrogen-bond acceptors (Lipinski definition) is 3. The molecule has 2 amide bonds. The monoisotopic (exact) mass is 335 g/mol. The van der Waals surface area contributed by atoms with Gasteiger partial charge in [0, 0.05) is 34.7 Å². The SMILES string of the molecule is COC(=O)CCNC(=O)N1CCc2c([nH]c3ccc(Cl)cc23)C1. The predicted octanol–water partition coefficient (Wildman–Crippen LogP) is 2.45. The van der Waals surface area contributed by atoms with Crippen LogP contribution in [0, 0.1) is 0 Å². The summed E-state index contributed by atoms with van der Waals surface area (Å²) in [4.78, 5) is 28.3. The highest BCUT2D eigenvalue weighted by molar-refractivity contribution is 6.31. The fourth-order valence-corrected chi connectivity index (χ4v) is 3.04. The molecule has 0 fully saturated rings. The van der Waals surface area contributed by atoms with E-state index >= 15 is 0 Å². The summed E-state index contributed by atoms with van der Waals surface area (Å²) in [7, 11) is 1.33. The number of H-pyrrole nitrogens is 1. The first-order valence-electron chi connectivity index (χ1n) is 7.47. The number of esters is 1. The lowest BCUT2D eigenvalue weighted by Crippen LogP contribution is -2.43. The van der Waals surface area contributed by atoms with Gasteiger partial charge >= 0.3 is 12.0 Å². The molecule has 0 unspecified atom stereocenters. The Morgan fingerprint density at radius 3 is 3.04 bits per heavy atom. The molecular formula is C16H18ClN3O3. The van der Waals surface area contributed by atoms with Crippen molar-refractivity contribution in [3.8, 4) is 0 Å². The molecule has 1 aromatic heterocycles. The summed E-state index contributed by atoms with van der Waals surface area (Å²) in [6.07, 6.45) is 0.951. The standard InChI is InChI=1S/C16H18ClN3O3/c1-23-15(21)4-6-18-16(22)20-7-5-11-12-8-10(17)2-3-13(12)19-14(11)9-20/h2-3,8,19H,4-7,9H2,1H3,(H,18,22). The fourth-order valence-electron chi connectivity index (χ4n) is 2.87. The number of carbonyl (C=O) groups excluding carboxylic acids is 2. The molecule has 1 aromatic carbocycles. The first-order chi connectivity index (χ1) is 11.1. The van der Waals surface area contributed by atoms with Crippen molar-refractivity contribution in [2.24, 2.45) is 0 Å². The number of hydrogen-bond donors (Lipinski definition) is 2. The van der Waals surface area contributed by atoms with Crippen molar-refractivity contribution in [3.63, 3.8) is 0 Å². The average Bonchev–Trinajstić information content (AvgIpc) is 2.91.